The molecule has 1 unspecified atom stereocenters. The Bertz CT molecular complexity index is 2390. The van der Waals surface area contributed by atoms with E-state index in [4.69, 9.17) is 9.97 Å². The van der Waals surface area contributed by atoms with Crippen molar-refractivity contribution in [1.29, 1.82) is 0 Å². The highest BCUT2D eigenvalue weighted by Crippen LogP contribution is 2.54. The number of benzene rings is 6. The van der Waals surface area contributed by atoms with Crippen LogP contribution in [0.15, 0.2) is 158 Å². The molecule has 9 rings (SSSR count). The van der Waals surface area contributed by atoms with E-state index in [1.165, 1.54) is 0 Å². The number of hydrogen-bond donors (Lipinski definition) is 0. The van der Waals surface area contributed by atoms with Gasteiger partial charge in [-0.05, 0) is 17.2 Å². The van der Waals surface area contributed by atoms with Gasteiger partial charge in [0.05, 0.1) is 22.0 Å². The molecule has 6 aromatic carbocycles. The second-order valence-electron chi connectivity index (χ2n) is 11.3. The van der Waals surface area contributed by atoms with E-state index in [0.717, 1.165) is 71.5 Å². The Kier molecular flexibility index (Phi) is 5.74. The van der Waals surface area contributed by atoms with Gasteiger partial charge in [0.25, 0.3) is 0 Å². The first-order valence-electron chi connectivity index (χ1n) is 15.0. The highest BCUT2D eigenvalue weighted by Gasteiger charge is 2.42. The smallest absolute Gasteiger partial charge is 0.174 e. The number of hydrogen-bond acceptors (Lipinski definition) is 3. The largest absolute Gasteiger partial charge is 0.309 e. The van der Waals surface area contributed by atoms with Crippen LogP contribution in [-0.4, -0.2) is 14.5 Å². The van der Waals surface area contributed by atoms with Crippen molar-refractivity contribution < 1.29 is 4.57 Å². The summed E-state index contributed by atoms with van der Waals surface area (Å²) < 4.78 is 18.1. The van der Waals surface area contributed by atoms with Gasteiger partial charge in [-0.3, -0.25) is 4.57 Å². The van der Waals surface area contributed by atoms with Crippen LogP contribution in [0.2, 0.25) is 0 Å². The minimum Gasteiger partial charge on any atom is -0.309 e. The number of rotatable bonds is 4. The SMILES string of the molecule is O=P1(c2ccccc2)c2ccccc2-c2ccc3c4ccccc4n(-c4cc(-c5ccccc5)nc(-c5ccccc5)n4)c3c21. The second kappa shape index (κ2) is 9.99. The molecule has 0 fully saturated rings. The lowest BCUT2D eigenvalue weighted by Crippen LogP contribution is -2.22. The average molecular weight is 596 g/mol. The molecule has 0 spiro atoms. The van der Waals surface area contributed by atoms with E-state index in [2.05, 4.69) is 65.2 Å². The minimum absolute atomic E-state index is 0.639. The maximum Gasteiger partial charge on any atom is 0.174 e. The van der Waals surface area contributed by atoms with Crippen LogP contribution in [0.1, 0.15) is 0 Å². The van der Waals surface area contributed by atoms with Gasteiger partial charge in [0, 0.05) is 38.6 Å². The molecule has 1 atom stereocenters. The number of nitrogens with zero attached hydrogens (tertiary/aromatic N) is 3. The predicted octanol–water partition coefficient (Wildman–Crippen LogP) is 8.53. The lowest BCUT2D eigenvalue weighted by molar-refractivity contribution is 0.593. The van der Waals surface area contributed by atoms with Crippen LogP contribution in [-0.2, 0) is 4.57 Å². The quantitative estimate of drug-likeness (QED) is 0.192. The molecule has 3 heterocycles. The summed E-state index contributed by atoms with van der Waals surface area (Å²) in [5.41, 5.74) is 6.73. The first-order valence-corrected chi connectivity index (χ1v) is 16.8. The van der Waals surface area contributed by atoms with Crippen molar-refractivity contribution in [1.82, 2.24) is 14.5 Å². The molecule has 0 bridgehead atoms. The molecule has 0 saturated heterocycles. The summed E-state index contributed by atoms with van der Waals surface area (Å²) in [7, 11) is -3.25. The Morgan fingerprint density at radius 3 is 1.96 bits per heavy atom. The molecule has 0 amide bonds. The van der Waals surface area contributed by atoms with Crippen LogP contribution < -0.4 is 15.9 Å². The summed E-state index contributed by atoms with van der Waals surface area (Å²) in [6.45, 7) is 0. The van der Waals surface area contributed by atoms with Gasteiger partial charge in [0.15, 0.2) is 13.0 Å². The van der Waals surface area contributed by atoms with Gasteiger partial charge in [-0.25, -0.2) is 9.97 Å². The predicted molar refractivity (Wildman–Crippen MR) is 186 cm³/mol. The topological polar surface area (TPSA) is 47.8 Å². The maximum absolute atomic E-state index is 15.9. The Morgan fingerprint density at radius 1 is 0.533 bits per heavy atom. The third-order valence-corrected chi connectivity index (χ3v) is 12.0. The zero-order valence-corrected chi connectivity index (χ0v) is 25.1. The highest BCUT2D eigenvalue weighted by molar-refractivity contribution is 7.86. The van der Waals surface area contributed by atoms with Crippen LogP contribution >= 0.6 is 7.14 Å². The third-order valence-electron chi connectivity index (χ3n) is 8.82. The van der Waals surface area contributed by atoms with Crippen molar-refractivity contribution in [3.05, 3.63) is 158 Å². The van der Waals surface area contributed by atoms with Crippen LogP contribution in [0.5, 0.6) is 0 Å². The fraction of sp³-hybridized carbons (Fsp3) is 0. The molecule has 212 valence electrons. The minimum atomic E-state index is -3.25. The molecule has 4 nitrogen and oxygen atoms in total. The molecule has 0 aliphatic carbocycles. The summed E-state index contributed by atoms with van der Waals surface area (Å²) in [4.78, 5) is 10.3. The van der Waals surface area contributed by atoms with Gasteiger partial charge in [-0.15, -0.1) is 0 Å². The average Bonchev–Trinajstić information content (AvgIpc) is 3.59. The van der Waals surface area contributed by atoms with Gasteiger partial charge in [0.1, 0.15) is 5.82 Å². The standard InChI is InChI=1S/C40H26N3OP/c44-45(29-18-8-3-9-19-29)36-23-13-11-21-31(36)33-25-24-32-30-20-10-12-22-35(30)43(38(32)39(33)45)37-26-34(27-14-4-1-5-15-27)41-40(42-37)28-16-6-2-7-17-28/h1-26H. The van der Waals surface area contributed by atoms with E-state index < -0.39 is 7.14 Å². The molecule has 1 aliphatic rings. The Morgan fingerprint density at radius 2 is 1.18 bits per heavy atom. The van der Waals surface area contributed by atoms with Crippen molar-refractivity contribution in [2.75, 3.05) is 0 Å². The summed E-state index contributed by atoms with van der Waals surface area (Å²) in [6, 6.07) is 53.2. The first-order chi connectivity index (χ1) is 22.2. The molecular formula is C40H26N3OP. The van der Waals surface area contributed by atoms with Crippen LogP contribution in [0, 0.1) is 0 Å². The van der Waals surface area contributed by atoms with Crippen LogP contribution in [0.4, 0.5) is 0 Å². The Hall–Kier alpha value is -5.57. The molecular weight excluding hydrogens is 569 g/mol. The van der Waals surface area contributed by atoms with Crippen molar-refractivity contribution in [2.24, 2.45) is 0 Å². The third kappa shape index (κ3) is 3.83. The Labute approximate surface area is 260 Å². The van der Waals surface area contributed by atoms with Crippen LogP contribution in [0.25, 0.3) is 61.4 Å². The fourth-order valence-electron chi connectivity index (χ4n) is 6.84. The van der Waals surface area contributed by atoms with Gasteiger partial charge < -0.3 is 4.57 Å². The fourth-order valence-corrected chi connectivity index (χ4v) is 10.1. The molecule has 8 aromatic rings. The van der Waals surface area contributed by atoms with E-state index >= 15 is 4.57 Å². The summed E-state index contributed by atoms with van der Waals surface area (Å²) in [6.07, 6.45) is 0. The van der Waals surface area contributed by atoms with E-state index in [1.54, 1.807) is 0 Å². The number of fused-ring (bicyclic) bond motifs is 7. The van der Waals surface area contributed by atoms with Gasteiger partial charge >= 0.3 is 0 Å². The summed E-state index contributed by atoms with van der Waals surface area (Å²) >= 11 is 0. The molecule has 2 aromatic heterocycles. The zero-order chi connectivity index (χ0) is 30.0. The van der Waals surface area contributed by atoms with Crippen molar-refractivity contribution in [3.8, 4) is 39.6 Å². The molecule has 0 N–H and O–H groups in total. The molecule has 1 aliphatic heterocycles. The molecule has 5 heteroatoms. The molecule has 45 heavy (non-hydrogen) atoms. The van der Waals surface area contributed by atoms with E-state index in [-0.39, 0.29) is 0 Å². The van der Waals surface area contributed by atoms with Gasteiger partial charge in [0.2, 0.25) is 0 Å². The zero-order valence-electron chi connectivity index (χ0n) is 24.2. The Balaban J connectivity index is 1.45. The van der Waals surface area contributed by atoms with E-state index in [0.29, 0.717) is 5.82 Å². The summed E-state index contributed by atoms with van der Waals surface area (Å²) in [5, 5.41) is 4.72. The maximum atomic E-state index is 15.9. The number of para-hydroxylation sites is 1. The molecule has 0 radical (unpaired) electrons. The van der Waals surface area contributed by atoms with E-state index in [1.807, 2.05) is 97.1 Å². The number of aromatic nitrogens is 3. The lowest BCUT2D eigenvalue weighted by atomic mass is 10.0. The normalized spacial score (nSPS) is 15.3. The molecule has 0 saturated carbocycles. The second-order valence-corrected chi connectivity index (χ2v) is 14.0. The van der Waals surface area contributed by atoms with Crippen molar-refractivity contribution in [3.63, 3.8) is 0 Å². The van der Waals surface area contributed by atoms with Crippen LogP contribution in [0.3, 0.4) is 0 Å². The van der Waals surface area contributed by atoms with Crippen molar-refractivity contribution >= 4 is 44.9 Å². The van der Waals surface area contributed by atoms with Gasteiger partial charge in [-0.1, -0.05) is 146 Å². The summed E-state index contributed by atoms with van der Waals surface area (Å²) in [5.74, 6) is 1.37. The monoisotopic (exact) mass is 595 g/mol. The van der Waals surface area contributed by atoms with E-state index in [9.17, 15) is 0 Å². The highest BCUT2D eigenvalue weighted by atomic mass is 31.2. The van der Waals surface area contributed by atoms with Gasteiger partial charge in [-0.2, -0.15) is 0 Å². The lowest BCUT2D eigenvalue weighted by Gasteiger charge is -2.19. The van der Waals surface area contributed by atoms with Crippen molar-refractivity contribution in [2.45, 2.75) is 0 Å². The first kappa shape index (κ1) is 25.9.